The van der Waals surface area contributed by atoms with Gasteiger partial charge < -0.3 is 16.5 Å². The zero-order valence-corrected chi connectivity index (χ0v) is 16.9. The normalized spacial score (nSPS) is 13.1. The second-order valence-electron chi connectivity index (χ2n) is 6.02. The number of halogens is 2. The van der Waals surface area contributed by atoms with Crippen LogP contribution in [0.2, 0.25) is 10.0 Å². The van der Waals surface area contributed by atoms with Crippen LogP contribution >= 0.6 is 35.1 Å². The van der Waals surface area contributed by atoms with E-state index in [0.29, 0.717) is 33.7 Å². The average molecular weight is 431 g/mol. The van der Waals surface area contributed by atoms with Gasteiger partial charge in [-0.05, 0) is 29.1 Å². The summed E-state index contributed by atoms with van der Waals surface area (Å²) in [5, 5.41) is 6.21. The van der Waals surface area contributed by atoms with Crippen LogP contribution in [-0.4, -0.2) is 9.97 Å². The van der Waals surface area contributed by atoms with E-state index in [1.165, 1.54) is 11.9 Å². The number of hydrazine groups is 1. The van der Waals surface area contributed by atoms with Crippen LogP contribution in [0.25, 0.3) is 17.0 Å². The number of nitrogens with one attached hydrogen (secondary N) is 3. The Morgan fingerprint density at radius 3 is 2.64 bits per heavy atom. The van der Waals surface area contributed by atoms with E-state index in [1.807, 2.05) is 17.5 Å². The molecule has 0 atom stereocenters. The first-order valence-electron chi connectivity index (χ1n) is 8.39. The van der Waals surface area contributed by atoms with Crippen LogP contribution in [0.5, 0.6) is 0 Å². The van der Waals surface area contributed by atoms with Gasteiger partial charge in [-0.25, -0.2) is 4.98 Å². The highest BCUT2D eigenvalue weighted by Crippen LogP contribution is 2.33. The summed E-state index contributed by atoms with van der Waals surface area (Å²) in [5.41, 5.74) is 13.6. The lowest BCUT2D eigenvalue weighted by molar-refractivity contribution is 0.916. The SMILES string of the molecule is Nc1nc(NCc2ccc(C3=CSNN3)cc2)cc(-c2cccc(Cl)c2Cl)n1. The van der Waals surface area contributed by atoms with Crippen LogP contribution in [-0.2, 0) is 6.54 Å². The molecule has 5 N–H and O–H groups in total. The van der Waals surface area contributed by atoms with Gasteiger partial charge in [0.05, 0.1) is 21.4 Å². The van der Waals surface area contributed by atoms with Crippen molar-refractivity contribution in [1.29, 1.82) is 0 Å². The molecular weight excluding hydrogens is 415 g/mol. The zero-order valence-electron chi connectivity index (χ0n) is 14.5. The topological polar surface area (TPSA) is 87.9 Å². The summed E-state index contributed by atoms with van der Waals surface area (Å²) < 4.78 is 0. The van der Waals surface area contributed by atoms with E-state index in [1.54, 1.807) is 12.1 Å². The molecular formula is C19H16Cl2N6S. The van der Waals surface area contributed by atoms with Crippen LogP contribution in [0.3, 0.4) is 0 Å². The summed E-state index contributed by atoms with van der Waals surface area (Å²) in [6, 6.07) is 15.5. The molecule has 0 saturated heterocycles. The highest BCUT2D eigenvalue weighted by molar-refractivity contribution is 8.00. The quantitative estimate of drug-likeness (QED) is 0.436. The van der Waals surface area contributed by atoms with Gasteiger partial charge in [0, 0.05) is 23.6 Å². The number of nitrogens with two attached hydrogens (primary N) is 1. The van der Waals surface area contributed by atoms with Crippen molar-refractivity contribution in [3.63, 3.8) is 0 Å². The van der Waals surface area contributed by atoms with Crippen molar-refractivity contribution in [2.24, 2.45) is 0 Å². The van der Waals surface area contributed by atoms with Crippen molar-refractivity contribution in [1.82, 2.24) is 20.2 Å². The summed E-state index contributed by atoms with van der Waals surface area (Å²) in [7, 11) is 0. The molecule has 6 nitrogen and oxygen atoms in total. The van der Waals surface area contributed by atoms with Gasteiger partial charge >= 0.3 is 0 Å². The smallest absolute Gasteiger partial charge is 0.222 e. The lowest BCUT2D eigenvalue weighted by Crippen LogP contribution is -2.17. The van der Waals surface area contributed by atoms with Gasteiger partial charge in [0.15, 0.2) is 0 Å². The van der Waals surface area contributed by atoms with Crippen molar-refractivity contribution >= 4 is 52.6 Å². The van der Waals surface area contributed by atoms with Crippen molar-refractivity contribution in [2.75, 3.05) is 11.1 Å². The minimum Gasteiger partial charge on any atom is -0.368 e. The molecule has 0 aliphatic carbocycles. The zero-order chi connectivity index (χ0) is 19.5. The Bertz CT molecular complexity index is 1040. The summed E-state index contributed by atoms with van der Waals surface area (Å²) in [4.78, 5) is 11.5. The molecule has 0 amide bonds. The van der Waals surface area contributed by atoms with Gasteiger partial charge in [0.25, 0.3) is 0 Å². The first-order chi connectivity index (χ1) is 13.6. The Balaban J connectivity index is 1.51. The van der Waals surface area contributed by atoms with Gasteiger partial charge in [-0.3, -0.25) is 0 Å². The fourth-order valence-electron chi connectivity index (χ4n) is 2.73. The van der Waals surface area contributed by atoms with Crippen LogP contribution in [0, 0.1) is 0 Å². The maximum Gasteiger partial charge on any atom is 0.222 e. The Kier molecular flexibility index (Phi) is 5.59. The molecule has 2 heterocycles. The molecule has 4 rings (SSSR count). The lowest BCUT2D eigenvalue weighted by Gasteiger charge is -2.11. The van der Waals surface area contributed by atoms with E-state index in [4.69, 9.17) is 28.9 Å². The molecule has 28 heavy (non-hydrogen) atoms. The third-order valence-electron chi connectivity index (χ3n) is 4.13. The van der Waals surface area contributed by atoms with Gasteiger partial charge in [-0.1, -0.05) is 59.6 Å². The highest BCUT2D eigenvalue weighted by Gasteiger charge is 2.11. The van der Waals surface area contributed by atoms with E-state index >= 15 is 0 Å². The Labute approximate surface area is 176 Å². The molecule has 2 aromatic carbocycles. The molecule has 0 saturated carbocycles. The molecule has 1 aromatic heterocycles. The number of nitrogens with zero attached hydrogens (tertiary/aromatic N) is 2. The van der Waals surface area contributed by atoms with Crippen LogP contribution in [0.4, 0.5) is 11.8 Å². The largest absolute Gasteiger partial charge is 0.368 e. The molecule has 0 bridgehead atoms. The van der Waals surface area contributed by atoms with Crippen molar-refractivity contribution in [3.05, 3.63) is 75.1 Å². The Hall–Kier alpha value is -2.45. The number of hydrogen-bond donors (Lipinski definition) is 4. The standard InChI is InChI=1S/C19H16Cl2N6S/c20-14-3-1-2-13(18(14)21)15-8-17(25-19(22)24-15)23-9-11-4-6-12(7-5-11)16-10-28-27-26-16/h1-8,10,26-27H,9H2,(H3,22,23,24,25). The number of nitrogen functional groups attached to an aromatic ring is 1. The van der Waals surface area contributed by atoms with Gasteiger partial charge in [0.1, 0.15) is 5.82 Å². The maximum absolute atomic E-state index is 6.30. The monoisotopic (exact) mass is 430 g/mol. The Morgan fingerprint density at radius 1 is 1.07 bits per heavy atom. The number of aromatic nitrogens is 2. The Morgan fingerprint density at radius 2 is 1.89 bits per heavy atom. The van der Waals surface area contributed by atoms with E-state index in [2.05, 4.69) is 49.8 Å². The summed E-state index contributed by atoms with van der Waals surface area (Å²) >= 11 is 13.9. The average Bonchev–Trinajstić information content (AvgIpc) is 3.23. The lowest BCUT2D eigenvalue weighted by atomic mass is 10.1. The summed E-state index contributed by atoms with van der Waals surface area (Å²) in [5.74, 6) is 0.777. The predicted octanol–water partition coefficient (Wildman–Crippen LogP) is 4.70. The first kappa shape index (κ1) is 18.9. The molecule has 142 valence electrons. The van der Waals surface area contributed by atoms with Gasteiger partial charge in [-0.15, -0.1) is 0 Å². The molecule has 0 unspecified atom stereocenters. The number of anilines is 2. The number of benzene rings is 2. The summed E-state index contributed by atoms with van der Waals surface area (Å²) in [6.07, 6.45) is 0. The van der Waals surface area contributed by atoms with E-state index in [9.17, 15) is 0 Å². The van der Waals surface area contributed by atoms with Crippen LogP contribution in [0.1, 0.15) is 11.1 Å². The van der Waals surface area contributed by atoms with E-state index < -0.39 is 0 Å². The van der Waals surface area contributed by atoms with E-state index in [0.717, 1.165) is 16.8 Å². The van der Waals surface area contributed by atoms with Crippen LogP contribution < -0.4 is 21.3 Å². The minimum absolute atomic E-state index is 0.163. The number of rotatable bonds is 5. The molecule has 1 aliphatic rings. The minimum atomic E-state index is 0.163. The first-order valence-corrected chi connectivity index (χ1v) is 10.0. The highest BCUT2D eigenvalue weighted by atomic mass is 35.5. The third-order valence-corrected chi connectivity index (χ3v) is 5.52. The second kappa shape index (κ2) is 8.28. The molecule has 0 spiro atoms. The maximum atomic E-state index is 6.30. The molecule has 1 aliphatic heterocycles. The van der Waals surface area contributed by atoms with Crippen molar-refractivity contribution in [3.8, 4) is 11.3 Å². The molecule has 0 radical (unpaired) electrons. The summed E-state index contributed by atoms with van der Waals surface area (Å²) in [6.45, 7) is 0.596. The fourth-order valence-corrected chi connectivity index (χ4v) is 3.67. The van der Waals surface area contributed by atoms with Crippen molar-refractivity contribution in [2.45, 2.75) is 6.54 Å². The molecule has 3 aromatic rings. The van der Waals surface area contributed by atoms with Gasteiger partial charge in [0.2, 0.25) is 5.95 Å². The van der Waals surface area contributed by atoms with E-state index in [-0.39, 0.29) is 5.95 Å². The molecule has 9 heteroatoms. The fraction of sp³-hybridized carbons (Fsp3) is 0.0526. The predicted molar refractivity (Wildman–Crippen MR) is 118 cm³/mol. The third kappa shape index (κ3) is 4.18. The van der Waals surface area contributed by atoms with Crippen LogP contribution in [0.15, 0.2) is 53.9 Å². The second-order valence-corrected chi connectivity index (χ2v) is 7.49. The number of hydrogen-bond acceptors (Lipinski definition) is 7. The molecule has 0 fully saturated rings. The van der Waals surface area contributed by atoms with Gasteiger partial charge in [-0.2, -0.15) is 9.82 Å². The van der Waals surface area contributed by atoms with Crippen molar-refractivity contribution < 1.29 is 0 Å².